The van der Waals surface area contributed by atoms with Gasteiger partial charge >= 0.3 is 0 Å². The van der Waals surface area contributed by atoms with Crippen molar-refractivity contribution < 1.29 is 9.84 Å². The number of aliphatic hydroxyl groups is 1. The lowest BCUT2D eigenvalue weighted by molar-refractivity contribution is 0.202. The molecule has 0 saturated carbocycles. The van der Waals surface area contributed by atoms with Crippen molar-refractivity contribution in [3.63, 3.8) is 0 Å². The summed E-state index contributed by atoms with van der Waals surface area (Å²) in [4.78, 5) is 4.54. The predicted octanol–water partition coefficient (Wildman–Crippen LogP) is 2.53. The zero-order valence-corrected chi connectivity index (χ0v) is 10.4. The van der Waals surface area contributed by atoms with Crippen molar-refractivity contribution in [3.8, 4) is 5.75 Å². The fraction of sp³-hybridized carbons (Fsp3) is 0.357. The first kappa shape index (κ1) is 11.9. The van der Waals surface area contributed by atoms with Crippen LogP contribution < -0.4 is 4.74 Å². The average Bonchev–Trinajstić information content (AvgIpc) is 2.27. The van der Waals surface area contributed by atoms with Gasteiger partial charge in [0.1, 0.15) is 12.4 Å². The first-order chi connectivity index (χ1) is 8.11. The van der Waals surface area contributed by atoms with Crippen molar-refractivity contribution in [2.75, 3.05) is 13.2 Å². The van der Waals surface area contributed by atoms with Gasteiger partial charge in [0.25, 0.3) is 0 Å². The second-order valence-corrected chi connectivity index (χ2v) is 4.31. The highest BCUT2D eigenvalue weighted by molar-refractivity contribution is 5.88. The molecule has 0 aliphatic rings. The van der Waals surface area contributed by atoms with Crippen LogP contribution in [0.25, 0.3) is 10.9 Å². The molecule has 2 rings (SSSR count). The molecular weight excluding hydrogens is 214 g/mol. The molecule has 3 heteroatoms. The fourth-order valence-electron chi connectivity index (χ4n) is 2.05. The van der Waals surface area contributed by atoms with Crippen LogP contribution in [0.1, 0.15) is 16.8 Å². The van der Waals surface area contributed by atoms with Crippen molar-refractivity contribution in [2.24, 2.45) is 0 Å². The zero-order chi connectivity index (χ0) is 12.4. The van der Waals surface area contributed by atoms with Crippen molar-refractivity contribution in [1.82, 2.24) is 4.98 Å². The van der Waals surface area contributed by atoms with E-state index < -0.39 is 0 Å². The number of fused-ring (bicyclic) bond motifs is 1. The summed E-state index contributed by atoms with van der Waals surface area (Å²) < 4.78 is 5.57. The number of ether oxygens (including phenoxy) is 1. The Morgan fingerprint density at radius 1 is 1.18 bits per heavy atom. The van der Waals surface area contributed by atoms with Gasteiger partial charge in [-0.25, -0.2) is 0 Å². The van der Waals surface area contributed by atoms with Gasteiger partial charge in [0.05, 0.1) is 12.1 Å². The topological polar surface area (TPSA) is 42.4 Å². The maximum absolute atomic E-state index is 8.84. The molecule has 0 aliphatic heterocycles. The summed E-state index contributed by atoms with van der Waals surface area (Å²) in [5.74, 6) is 0.799. The Balaban J connectivity index is 2.64. The smallest absolute Gasteiger partial charge is 0.130 e. The van der Waals surface area contributed by atoms with E-state index in [9.17, 15) is 0 Å². The molecule has 1 aromatic carbocycles. The van der Waals surface area contributed by atoms with Crippen LogP contribution >= 0.6 is 0 Å². The normalized spacial score (nSPS) is 10.8. The Bertz CT molecular complexity index is 549. The Morgan fingerprint density at radius 3 is 2.65 bits per heavy atom. The summed E-state index contributed by atoms with van der Waals surface area (Å²) in [5.41, 5.74) is 4.24. The van der Waals surface area contributed by atoms with Gasteiger partial charge in [-0.15, -0.1) is 0 Å². The highest BCUT2D eigenvalue weighted by Crippen LogP contribution is 2.28. The average molecular weight is 231 g/mol. The first-order valence-corrected chi connectivity index (χ1v) is 5.74. The summed E-state index contributed by atoms with van der Waals surface area (Å²) in [5, 5.41) is 9.85. The lowest BCUT2D eigenvalue weighted by Crippen LogP contribution is -2.03. The van der Waals surface area contributed by atoms with E-state index in [1.165, 1.54) is 5.56 Å². The summed E-state index contributed by atoms with van der Waals surface area (Å²) in [6, 6.07) is 6.10. The molecule has 1 N–H and O–H groups in total. The molecule has 90 valence electrons. The van der Waals surface area contributed by atoms with Gasteiger partial charge < -0.3 is 9.84 Å². The van der Waals surface area contributed by atoms with Crippen molar-refractivity contribution in [3.05, 3.63) is 35.0 Å². The van der Waals surface area contributed by atoms with Gasteiger partial charge in [-0.3, -0.25) is 4.98 Å². The number of pyridine rings is 1. The van der Waals surface area contributed by atoms with Gasteiger partial charge in [0.2, 0.25) is 0 Å². The van der Waals surface area contributed by atoms with Crippen LogP contribution in [-0.4, -0.2) is 23.3 Å². The monoisotopic (exact) mass is 231 g/mol. The third-order valence-electron chi connectivity index (χ3n) is 2.69. The van der Waals surface area contributed by atoms with Gasteiger partial charge in [-0.2, -0.15) is 0 Å². The summed E-state index contributed by atoms with van der Waals surface area (Å²) in [6.45, 7) is 6.39. The molecule has 17 heavy (non-hydrogen) atoms. The second-order valence-electron chi connectivity index (χ2n) is 4.31. The molecule has 2 aromatic rings. The number of benzene rings is 1. The van der Waals surface area contributed by atoms with E-state index in [-0.39, 0.29) is 6.61 Å². The predicted molar refractivity (Wildman–Crippen MR) is 68.5 cm³/mol. The molecule has 0 aliphatic carbocycles. The quantitative estimate of drug-likeness (QED) is 0.882. The van der Waals surface area contributed by atoms with Crippen molar-refractivity contribution >= 4 is 10.9 Å². The lowest BCUT2D eigenvalue weighted by atomic mass is 10.1. The zero-order valence-electron chi connectivity index (χ0n) is 10.4. The van der Waals surface area contributed by atoms with Gasteiger partial charge in [-0.05, 0) is 38.0 Å². The van der Waals surface area contributed by atoms with E-state index in [4.69, 9.17) is 9.84 Å². The van der Waals surface area contributed by atoms with Gasteiger partial charge in [-0.1, -0.05) is 6.07 Å². The molecule has 0 fully saturated rings. The summed E-state index contributed by atoms with van der Waals surface area (Å²) in [7, 11) is 0. The molecule has 0 bridgehead atoms. The van der Waals surface area contributed by atoms with Crippen LogP contribution in [0, 0.1) is 20.8 Å². The van der Waals surface area contributed by atoms with Crippen LogP contribution in [0.3, 0.4) is 0 Å². The maximum atomic E-state index is 8.84. The molecule has 0 unspecified atom stereocenters. The highest BCUT2D eigenvalue weighted by Gasteiger charge is 2.08. The Labute approximate surface area is 101 Å². The van der Waals surface area contributed by atoms with Crippen LogP contribution in [0.5, 0.6) is 5.75 Å². The standard InChI is InChI=1S/C14H17NO2/c1-9-6-10(2)14-12(7-9)13(17-5-4-16)8-11(3)15-14/h6-8,16H,4-5H2,1-3H3. The molecule has 0 saturated heterocycles. The minimum absolute atomic E-state index is 0.0215. The largest absolute Gasteiger partial charge is 0.490 e. The van der Waals surface area contributed by atoms with Crippen molar-refractivity contribution in [1.29, 1.82) is 0 Å². The maximum Gasteiger partial charge on any atom is 0.130 e. The number of aromatic nitrogens is 1. The summed E-state index contributed by atoms with van der Waals surface area (Å²) >= 11 is 0. The molecule has 0 spiro atoms. The molecule has 1 aromatic heterocycles. The van der Waals surface area contributed by atoms with Crippen LogP contribution in [-0.2, 0) is 0 Å². The Morgan fingerprint density at radius 2 is 1.94 bits per heavy atom. The van der Waals surface area contributed by atoms with E-state index in [0.29, 0.717) is 6.61 Å². The van der Waals surface area contributed by atoms with E-state index >= 15 is 0 Å². The first-order valence-electron chi connectivity index (χ1n) is 5.74. The van der Waals surface area contributed by atoms with Gasteiger partial charge in [0.15, 0.2) is 0 Å². The van der Waals surface area contributed by atoms with Crippen LogP contribution in [0.15, 0.2) is 18.2 Å². The van der Waals surface area contributed by atoms with E-state index in [1.54, 1.807) is 0 Å². The molecule has 3 nitrogen and oxygen atoms in total. The minimum atomic E-state index is 0.0215. The Kier molecular flexibility index (Phi) is 3.29. The van der Waals surface area contributed by atoms with Gasteiger partial charge in [0, 0.05) is 17.1 Å². The van der Waals surface area contributed by atoms with E-state index in [1.807, 2.05) is 13.0 Å². The minimum Gasteiger partial charge on any atom is -0.490 e. The van der Waals surface area contributed by atoms with E-state index in [0.717, 1.165) is 27.9 Å². The molecular formula is C14H17NO2. The molecule has 0 atom stereocenters. The second kappa shape index (κ2) is 4.72. The van der Waals surface area contributed by atoms with Crippen LogP contribution in [0.4, 0.5) is 0 Å². The van der Waals surface area contributed by atoms with E-state index in [2.05, 4.69) is 31.0 Å². The SMILES string of the molecule is Cc1cc(C)c2nc(C)cc(OCCO)c2c1. The van der Waals surface area contributed by atoms with Crippen molar-refractivity contribution in [2.45, 2.75) is 20.8 Å². The van der Waals surface area contributed by atoms with Crippen LogP contribution in [0.2, 0.25) is 0 Å². The highest BCUT2D eigenvalue weighted by atomic mass is 16.5. The lowest BCUT2D eigenvalue weighted by Gasteiger charge is -2.11. The number of aliphatic hydroxyl groups excluding tert-OH is 1. The molecule has 1 heterocycles. The number of hydrogen-bond acceptors (Lipinski definition) is 3. The number of rotatable bonds is 3. The fourth-order valence-corrected chi connectivity index (χ4v) is 2.05. The Hall–Kier alpha value is -1.61. The third-order valence-corrected chi connectivity index (χ3v) is 2.69. The number of hydrogen-bond donors (Lipinski definition) is 1. The third kappa shape index (κ3) is 2.39. The number of nitrogens with zero attached hydrogens (tertiary/aromatic N) is 1. The summed E-state index contributed by atoms with van der Waals surface area (Å²) in [6.07, 6.45) is 0. The molecule has 0 amide bonds. The number of aryl methyl sites for hydroxylation is 3. The molecule has 0 radical (unpaired) electrons.